The van der Waals surface area contributed by atoms with Crippen molar-refractivity contribution < 1.29 is 0 Å². The molecule has 0 spiro atoms. The van der Waals surface area contributed by atoms with Crippen LogP contribution in [0.3, 0.4) is 0 Å². The quantitative estimate of drug-likeness (QED) is 0.728. The summed E-state index contributed by atoms with van der Waals surface area (Å²) in [4.78, 5) is 2.69. The van der Waals surface area contributed by atoms with Crippen LogP contribution in [0.5, 0.6) is 0 Å². The molecule has 0 aromatic carbocycles. The van der Waals surface area contributed by atoms with Crippen molar-refractivity contribution in [1.29, 1.82) is 0 Å². The number of hydrogen-bond acceptors (Lipinski definition) is 2. The lowest BCUT2D eigenvalue weighted by Crippen LogP contribution is -2.44. The molecule has 1 fully saturated rings. The van der Waals surface area contributed by atoms with Gasteiger partial charge < -0.3 is 5.32 Å². The fourth-order valence-corrected chi connectivity index (χ4v) is 2.69. The van der Waals surface area contributed by atoms with Crippen LogP contribution in [0.4, 0.5) is 0 Å². The molecular formula is C13H28N2. The summed E-state index contributed by atoms with van der Waals surface area (Å²) < 4.78 is 0. The van der Waals surface area contributed by atoms with Crippen molar-refractivity contribution >= 4 is 0 Å². The molecule has 0 radical (unpaired) electrons. The van der Waals surface area contributed by atoms with Gasteiger partial charge >= 0.3 is 0 Å². The summed E-state index contributed by atoms with van der Waals surface area (Å²) in [7, 11) is 2.11. The van der Waals surface area contributed by atoms with Crippen molar-refractivity contribution in [2.45, 2.75) is 58.5 Å². The molecule has 1 saturated heterocycles. The van der Waals surface area contributed by atoms with Crippen LogP contribution in [0.1, 0.15) is 46.5 Å². The van der Waals surface area contributed by atoms with Gasteiger partial charge in [0.15, 0.2) is 0 Å². The third-order valence-corrected chi connectivity index (χ3v) is 4.10. The van der Waals surface area contributed by atoms with Crippen molar-refractivity contribution in [3.63, 3.8) is 0 Å². The standard InChI is InChI=1S/C13H28N2/c1-5-11(3)13(14-4)10-15-9-7-8-12(15)6-2/h11-14H,5-10H2,1-4H3. The molecule has 3 atom stereocenters. The van der Waals surface area contributed by atoms with E-state index in [4.69, 9.17) is 0 Å². The number of nitrogens with one attached hydrogen (secondary N) is 1. The Morgan fingerprint density at radius 3 is 2.67 bits per heavy atom. The largest absolute Gasteiger partial charge is 0.315 e. The van der Waals surface area contributed by atoms with Gasteiger partial charge in [0.05, 0.1) is 0 Å². The molecule has 2 nitrogen and oxygen atoms in total. The summed E-state index contributed by atoms with van der Waals surface area (Å²) in [5.41, 5.74) is 0. The maximum absolute atomic E-state index is 3.48. The third-order valence-electron chi connectivity index (χ3n) is 4.10. The highest BCUT2D eigenvalue weighted by atomic mass is 15.2. The van der Waals surface area contributed by atoms with Crippen LogP contribution in [0.25, 0.3) is 0 Å². The van der Waals surface area contributed by atoms with Gasteiger partial charge in [0.25, 0.3) is 0 Å². The number of likely N-dealkylation sites (N-methyl/N-ethyl adjacent to an activating group) is 1. The minimum Gasteiger partial charge on any atom is -0.315 e. The number of hydrogen-bond donors (Lipinski definition) is 1. The molecule has 90 valence electrons. The number of likely N-dealkylation sites (tertiary alicyclic amines) is 1. The molecule has 2 heteroatoms. The summed E-state index contributed by atoms with van der Waals surface area (Å²) >= 11 is 0. The van der Waals surface area contributed by atoms with Gasteiger partial charge in [-0.1, -0.05) is 27.2 Å². The van der Waals surface area contributed by atoms with Crippen molar-refractivity contribution in [2.24, 2.45) is 5.92 Å². The Balaban J connectivity index is 2.43. The Kier molecular flexibility index (Phi) is 5.62. The summed E-state index contributed by atoms with van der Waals surface area (Å²) in [6, 6.07) is 1.52. The Bertz CT molecular complexity index is 170. The maximum atomic E-state index is 3.48. The van der Waals surface area contributed by atoms with Gasteiger partial charge in [-0.3, -0.25) is 4.90 Å². The normalized spacial score (nSPS) is 26.8. The van der Waals surface area contributed by atoms with Gasteiger partial charge in [-0.25, -0.2) is 0 Å². The van der Waals surface area contributed by atoms with E-state index in [0.717, 1.165) is 12.0 Å². The lowest BCUT2D eigenvalue weighted by atomic mass is 9.98. The molecule has 0 bridgehead atoms. The highest BCUT2D eigenvalue weighted by Crippen LogP contribution is 2.21. The molecule has 3 unspecified atom stereocenters. The van der Waals surface area contributed by atoms with Crippen molar-refractivity contribution in [2.75, 3.05) is 20.1 Å². The smallest absolute Gasteiger partial charge is 0.0217 e. The second-order valence-corrected chi connectivity index (χ2v) is 4.98. The predicted molar refractivity (Wildman–Crippen MR) is 67.2 cm³/mol. The fourth-order valence-electron chi connectivity index (χ4n) is 2.69. The van der Waals surface area contributed by atoms with Gasteiger partial charge in [-0.15, -0.1) is 0 Å². The third kappa shape index (κ3) is 3.46. The molecule has 1 N–H and O–H groups in total. The van der Waals surface area contributed by atoms with E-state index in [1.807, 2.05) is 0 Å². The van der Waals surface area contributed by atoms with Gasteiger partial charge in [0.1, 0.15) is 0 Å². The van der Waals surface area contributed by atoms with Crippen LogP contribution in [0, 0.1) is 5.92 Å². The van der Waals surface area contributed by atoms with Gasteiger partial charge in [-0.05, 0) is 38.8 Å². The maximum Gasteiger partial charge on any atom is 0.0217 e. The first-order valence-electron chi connectivity index (χ1n) is 6.64. The van der Waals surface area contributed by atoms with E-state index < -0.39 is 0 Å². The fraction of sp³-hybridized carbons (Fsp3) is 1.00. The topological polar surface area (TPSA) is 15.3 Å². The lowest BCUT2D eigenvalue weighted by molar-refractivity contribution is 0.198. The minimum absolute atomic E-state index is 0.669. The van der Waals surface area contributed by atoms with E-state index >= 15 is 0 Å². The van der Waals surface area contributed by atoms with Crippen molar-refractivity contribution in [3.8, 4) is 0 Å². The van der Waals surface area contributed by atoms with Crippen LogP contribution < -0.4 is 5.32 Å². The average molecular weight is 212 g/mol. The average Bonchev–Trinajstić information content (AvgIpc) is 2.71. The van der Waals surface area contributed by atoms with Crippen LogP contribution in [0.15, 0.2) is 0 Å². The van der Waals surface area contributed by atoms with Gasteiger partial charge in [-0.2, -0.15) is 0 Å². The zero-order valence-electron chi connectivity index (χ0n) is 10.9. The van der Waals surface area contributed by atoms with Crippen LogP contribution in [-0.2, 0) is 0 Å². The number of nitrogens with zero attached hydrogens (tertiary/aromatic N) is 1. The molecule has 1 rings (SSSR count). The Morgan fingerprint density at radius 2 is 2.13 bits per heavy atom. The molecule has 0 aromatic heterocycles. The molecular weight excluding hydrogens is 184 g/mol. The minimum atomic E-state index is 0.669. The van der Waals surface area contributed by atoms with Crippen LogP contribution in [-0.4, -0.2) is 37.1 Å². The molecule has 0 saturated carbocycles. The first kappa shape index (κ1) is 13.0. The lowest BCUT2D eigenvalue weighted by Gasteiger charge is -2.31. The highest BCUT2D eigenvalue weighted by Gasteiger charge is 2.26. The van der Waals surface area contributed by atoms with Crippen LogP contribution >= 0.6 is 0 Å². The van der Waals surface area contributed by atoms with E-state index in [1.54, 1.807) is 0 Å². The van der Waals surface area contributed by atoms with Gasteiger partial charge in [0, 0.05) is 18.6 Å². The Labute approximate surface area is 95.4 Å². The summed E-state index contributed by atoms with van der Waals surface area (Å²) in [6.07, 6.45) is 5.40. The monoisotopic (exact) mass is 212 g/mol. The second kappa shape index (κ2) is 6.49. The van der Waals surface area contributed by atoms with E-state index in [-0.39, 0.29) is 0 Å². The molecule has 0 aliphatic carbocycles. The Morgan fingerprint density at radius 1 is 1.40 bits per heavy atom. The molecule has 0 aromatic rings. The molecule has 1 heterocycles. The highest BCUT2D eigenvalue weighted by molar-refractivity contribution is 4.83. The zero-order valence-corrected chi connectivity index (χ0v) is 10.9. The van der Waals surface area contributed by atoms with E-state index in [1.165, 1.54) is 38.8 Å². The molecule has 1 aliphatic rings. The molecule has 0 amide bonds. The summed E-state index contributed by atoms with van der Waals surface area (Å²) in [6.45, 7) is 9.52. The first-order chi connectivity index (χ1) is 7.22. The zero-order chi connectivity index (χ0) is 11.3. The van der Waals surface area contributed by atoms with Crippen LogP contribution in [0.2, 0.25) is 0 Å². The Hall–Kier alpha value is -0.0800. The first-order valence-corrected chi connectivity index (χ1v) is 6.64. The van der Waals surface area contributed by atoms with E-state index in [0.29, 0.717) is 6.04 Å². The SMILES string of the molecule is CCC(C)C(CN1CCCC1CC)NC. The summed E-state index contributed by atoms with van der Waals surface area (Å²) in [5, 5.41) is 3.48. The second-order valence-electron chi connectivity index (χ2n) is 4.98. The van der Waals surface area contributed by atoms with E-state index in [9.17, 15) is 0 Å². The number of rotatable bonds is 6. The van der Waals surface area contributed by atoms with Gasteiger partial charge in [0.2, 0.25) is 0 Å². The van der Waals surface area contributed by atoms with Crippen molar-refractivity contribution in [3.05, 3.63) is 0 Å². The van der Waals surface area contributed by atoms with E-state index in [2.05, 4.69) is 38.0 Å². The molecule has 1 aliphatic heterocycles. The molecule has 15 heavy (non-hydrogen) atoms. The van der Waals surface area contributed by atoms with Crippen molar-refractivity contribution in [1.82, 2.24) is 10.2 Å². The predicted octanol–water partition coefficient (Wildman–Crippen LogP) is 2.49. The summed E-state index contributed by atoms with van der Waals surface area (Å²) in [5.74, 6) is 0.785.